The molecule has 0 aliphatic heterocycles. The maximum absolute atomic E-state index is 15.3. The van der Waals surface area contributed by atoms with Gasteiger partial charge < -0.3 is 4.90 Å². The Balaban J connectivity index is 0.000000380. The summed E-state index contributed by atoms with van der Waals surface area (Å²) in [6.45, 7) is 8.06. The molecule has 0 amide bonds. The van der Waals surface area contributed by atoms with E-state index in [1.807, 2.05) is 0 Å². The fourth-order valence-electron chi connectivity index (χ4n) is 5.95. The second kappa shape index (κ2) is 15.2. The smallest absolute Gasteiger partial charge is 0.158 e. The second-order valence-electron chi connectivity index (χ2n) is 11.1. The van der Waals surface area contributed by atoms with Crippen LogP contribution in [0.15, 0.2) is 78.9 Å². The first-order valence-electron chi connectivity index (χ1n) is 14.8. The highest BCUT2D eigenvalue weighted by molar-refractivity contribution is 7.20. The van der Waals surface area contributed by atoms with Crippen LogP contribution in [-0.2, 0) is 6.54 Å². The average Bonchev–Trinajstić information content (AvgIpc) is 3.05. The Hall–Kier alpha value is -4.72. The van der Waals surface area contributed by atoms with Crippen molar-refractivity contribution in [2.45, 2.75) is 20.4 Å². The Kier molecular flexibility index (Phi) is 11.5. The van der Waals surface area contributed by atoms with Crippen molar-refractivity contribution >= 4 is 28.0 Å². The molecule has 1 N–H and O–H groups in total. The molecular weight excluding hydrogens is 673 g/mol. The molecule has 5 aromatic carbocycles. The number of nitrogens with one attached hydrogen (secondary N) is 1. The summed E-state index contributed by atoms with van der Waals surface area (Å²) in [5.41, 5.74) is -5.25. The molecule has 1 nitrogen and oxygen atoms in total. The third-order valence-electron chi connectivity index (χ3n) is 8.25. The van der Waals surface area contributed by atoms with E-state index in [2.05, 4.69) is 44.2 Å². The molecule has 0 aromatic heterocycles. The van der Waals surface area contributed by atoms with Gasteiger partial charge in [-0.1, -0.05) is 54.6 Å². The predicted octanol–water partition coefficient (Wildman–Crippen LogP) is 5.84. The third-order valence-corrected chi connectivity index (χ3v) is 8.25. The standard InChI is InChI=1S/C24H8BF12.C11H17N/c26-9-1-13(21(34)17(30)5-9)25(14-2-10(27)6-18(31)22(14)35,15-3-11(28)7-19(32)23(15)36)16-4-12(29)8-20(33)24(16)37;1-3-12(4-2)10-11-8-6-5-7-9-11/h1-8H;5-9H,3-4,10H2,1-2H3/q-1;/p+1. The van der Waals surface area contributed by atoms with Gasteiger partial charge in [0.2, 0.25) is 0 Å². The molecule has 0 spiro atoms. The number of benzene rings is 5. The van der Waals surface area contributed by atoms with E-state index in [4.69, 9.17) is 0 Å². The first-order valence-corrected chi connectivity index (χ1v) is 14.8. The zero-order valence-electron chi connectivity index (χ0n) is 25.7. The van der Waals surface area contributed by atoms with Crippen LogP contribution in [0.25, 0.3) is 0 Å². The third kappa shape index (κ3) is 7.48. The zero-order chi connectivity index (χ0) is 36.2. The Labute approximate surface area is 273 Å². The molecule has 0 heterocycles. The van der Waals surface area contributed by atoms with Gasteiger partial charge >= 0.3 is 0 Å². The molecule has 0 aliphatic rings. The molecule has 5 aromatic rings. The topological polar surface area (TPSA) is 4.44 Å². The fourth-order valence-corrected chi connectivity index (χ4v) is 5.95. The lowest BCUT2D eigenvalue weighted by Gasteiger charge is -2.44. The van der Waals surface area contributed by atoms with Gasteiger partial charge in [-0.05, 0) is 13.8 Å². The van der Waals surface area contributed by atoms with Crippen LogP contribution in [0.2, 0.25) is 0 Å². The van der Waals surface area contributed by atoms with Crippen molar-refractivity contribution in [2.75, 3.05) is 13.1 Å². The average molecular weight is 699 g/mol. The molecular formula is C35H26BF12N. The van der Waals surface area contributed by atoms with E-state index in [-0.39, 0.29) is 48.5 Å². The lowest BCUT2D eigenvalue weighted by Crippen LogP contribution is -3.10. The normalized spacial score (nSPS) is 11.5. The second-order valence-corrected chi connectivity index (χ2v) is 11.1. The van der Waals surface area contributed by atoms with Gasteiger partial charge in [-0.25, -0.2) is 52.7 Å². The van der Waals surface area contributed by atoms with Crippen LogP contribution in [0.3, 0.4) is 0 Å². The van der Waals surface area contributed by atoms with Crippen molar-refractivity contribution in [1.82, 2.24) is 0 Å². The van der Waals surface area contributed by atoms with E-state index in [0.717, 1.165) is 6.54 Å². The molecule has 49 heavy (non-hydrogen) atoms. The van der Waals surface area contributed by atoms with Gasteiger partial charge in [-0.15, -0.1) is 0 Å². The quantitative estimate of drug-likeness (QED) is 0.118. The Morgan fingerprint density at radius 1 is 0.429 bits per heavy atom. The summed E-state index contributed by atoms with van der Waals surface area (Å²) >= 11 is 0. The summed E-state index contributed by atoms with van der Waals surface area (Å²) in [6.07, 6.45) is -4.89. The highest BCUT2D eigenvalue weighted by Crippen LogP contribution is 2.22. The monoisotopic (exact) mass is 699 g/mol. The predicted molar refractivity (Wildman–Crippen MR) is 162 cm³/mol. The van der Waals surface area contributed by atoms with E-state index in [0.29, 0.717) is 0 Å². The molecule has 0 radical (unpaired) electrons. The molecule has 0 saturated carbocycles. The maximum atomic E-state index is 15.3. The summed E-state index contributed by atoms with van der Waals surface area (Å²) in [6, 6.07) is 10.2. The van der Waals surface area contributed by atoms with E-state index >= 15 is 17.6 Å². The lowest BCUT2D eigenvalue weighted by atomic mass is 9.12. The maximum Gasteiger partial charge on any atom is 0.158 e. The first-order chi connectivity index (χ1) is 23.1. The zero-order valence-corrected chi connectivity index (χ0v) is 25.7. The van der Waals surface area contributed by atoms with Crippen LogP contribution >= 0.6 is 0 Å². The number of quaternary nitrogens is 1. The van der Waals surface area contributed by atoms with Crippen molar-refractivity contribution in [3.05, 3.63) is 154 Å². The van der Waals surface area contributed by atoms with Gasteiger partial charge in [-0.2, -0.15) is 21.9 Å². The number of halogens is 12. The van der Waals surface area contributed by atoms with Gasteiger partial charge in [0.1, 0.15) is 59.2 Å². The minimum absolute atomic E-state index is 0.0227. The molecule has 0 unspecified atom stereocenters. The van der Waals surface area contributed by atoms with Crippen molar-refractivity contribution < 1.29 is 57.6 Å². The van der Waals surface area contributed by atoms with Gasteiger partial charge in [0, 0.05) is 29.8 Å². The highest BCUT2D eigenvalue weighted by atomic mass is 19.2. The Morgan fingerprint density at radius 2 is 0.714 bits per heavy atom. The summed E-state index contributed by atoms with van der Waals surface area (Å²) in [4.78, 5) is 1.64. The van der Waals surface area contributed by atoms with Crippen LogP contribution in [0.4, 0.5) is 52.7 Å². The minimum atomic E-state index is -4.89. The summed E-state index contributed by atoms with van der Waals surface area (Å²) in [5.74, 6) is -24.2. The molecule has 0 bridgehead atoms. The minimum Gasteiger partial charge on any atom is -0.332 e. The molecule has 14 heteroatoms. The fraction of sp³-hybridized carbons (Fsp3) is 0.143. The molecule has 0 fully saturated rings. The van der Waals surface area contributed by atoms with Crippen molar-refractivity contribution in [1.29, 1.82) is 0 Å². The van der Waals surface area contributed by atoms with Crippen LogP contribution in [0, 0.1) is 69.8 Å². The van der Waals surface area contributed by atoms with Crippen molar-refractivity contribution in [3.8, 4) is 0 Å². The number of rotatable bonds is 8. The van der Waals surface area contributed by atoms with Gasteiger partial charge in [-0.3, -0.25) is 0 Å². The number of hydrogen-bond acceptors (Lipinski definition) is 0. The molecule has 0 saturated heterocycles. The highest BCUT2D eigenvalue weighted by Gasteiger charge is 2.43. The van der Waals surface area contributed by atoms with Gasteiger partial charge in [0.05, 0.1) is 13.1 Å². The Bertz CT molecular complexity index is 1730. The van der Waals surface area contributed by atoms with E-state index in [9.17, 15) is 35.1 Å². The van der Waals surface area contributed by atoms with Crippen LogP contribution in [0.1, 0.15) is 19.4 Å². The molecule has 5 rings (SSSR count). The van der Waals surface area contributed by atoms with E-state index in [1.165, 1.54) is 18.7 Å². The largest absolute Gasteiger partial charge is 0.332 e. The lowest BCUT2D eigenvalue weighted by molar-refractivity contribution is -0.910. The van der Waals surface area contributed by atoms with E-state index < -0.39 is 97.8 Å². The number of hydrogen-bond donors (Lipinski definition) is 1. The SMILES string of the molecule is CC[NH+](CC)Cc1ccccc1.Fc1cc(F)c(F)c([B-](c2cc(F)cc(F)c2F)(c2cc(F)cc(F)c2F)c2cc(F)cc(F)c2F)c1. The summed E-state index contributed by atoms with van der Waals surface area (Å²) in [7, 11) is 0. The molecule has 0 aliphatic carbocycles. The summed E-state index contributed by atoms with van der Waals surface area (Å²) < 4.78 is 176. The van der Waals surface area contributed by atoms with Crippen LogP contribution in [0.5, 0.6) is 0 Å². The van der Waals surface area contributed by atoms with Crippen LogP contribution in [-0.4, -0.2) is 19.2 Å². The van der Waals surface area contributed by atoms with Crippen LogP contribution < -0.4 is 26.8 Å². The van der Waals surface area contributed by atoms with Crippen molar-refractivity contribution in [2.24, 2.45) is 0 Å². The summed E-state index contributed by atoms with van der Waals surface area (Å²) in [5, 5.41) is 0. The molecule has 258 valence electrons. The first kappa shape index (κ1) is 37.1. The Morgan fingerprint density at radius 3 is 0.980 bits per heavy atom. The molecule has 0 atom stereocenters. The van der Waals surface area contributed by atoms with Crippen molar-refractivity contribution in [3.63, 3.8) is 0 Å². The van der Waals surface area contributed by atoms with E-state index in [1.54, 1.807) is 4.90 Å². The van der Waals surface area contributed by atoms with Gasteiger partial charge in [0.25, 0.3) is 0 Å². The van der Waals surface area contributed by atoms with Gasteiger partial charge in [0.15, 0.2) is 23.3 Å².